The SMILES string of the molecule is CCOC(=O)CC(NC(=O)CNC(=O)c1cc(N=C(N)N)c2ccccc2c1)c1cccnc1. The van der Waals surface area contributed by atoms with E-state index in [0.717, 1.165) is 10.8 Å². The van der Waals surface area contributed by atoms with Crippen molar-refractivity contribution in [3.05, 3.63) is 72.1 Å². The van der Waals surface area contributed by atoms with Gasteiger partial charge in [0.25, 0.3) is 5.91 Å². The van der Waals surface area contributed by atoms with Crippen molar-refractivity contribution in [1.29, 1.82) is 0 Å². The molecule has 0 radical (unpaired) electrons. The van der Waals surface area contributed by atoms with Crippen LogP contribution in [0.25, 0.3) is 10.8 Å². The van der Waals surface area contributed by atoms with Gasteiger partial charge < -0.3 is 26.8 Å². The summed E-state index contributed by atoms with van der Waals surface area (Å²) in [4.78, 5) is 45.5. The Balaban J connectivity index is 1.71. The number of esters is 1. The molecule has 1 heterocycles. The van der Waals surface area contributed by atoms with Crippen molar-refractivity contribution in [3.8, 4) is 0 Å². The van der Waals surface area contributed by atoms with Gasteiger partial charge in [0, 0.05) is 23.3 Å². The number of carbonyl (C=O) groups excluding carboxylic acids is 3. The molecule has 6 N–H and O–H groups in total. The monoisotopic (exact) mass is 462 g/mol. The normalized spacial score (nSPS) is 11.3. The standard InChI is InChI=1S/C24H26N6O4/c1-2-34-22(32)12-19(16-7-5-9-27-13-16)29-21(31)14-28-23(33)17-10-15-6-3-4-8-18(15)20(11-17)30-24(25)26/h3-11,13,19H,2,12,14H2,1H3,(H,28,33)(H,29,31)(H4,25,26,30). The zero-order valence-corrected chi connectivity index (χ0v) is 18.7. The highest BCUT2D eigenvalue weighted by atomic mass is 16.5. The number of nitrogens with two attached hydrogens (primary N) is 2. The number of benzene rings is 2. The number of fused-ring (bicyclic) bond motifs is 1. The van der Waals surface area contributed by atoms with E-state index in [9.17, 15) is 14.4 Å². The Labute approximate surface area is 196 Å². The summed E-state index contributed by atoms with van der Waals surface area (Å²) in [5.41, 5.74) is 12.4. The minimum Gasteiger partial charge on any atom is -0.466 e. The average Bonchev–Trinajstić information content (AvgIpc) is 2.82. The van der Waals surface area contributed by atoms with E-state index in [2.05, 4.69) is 20.6 Å². The highest BCUT2D eigenvalue weighted by Gasteiger charge is 2.20. The summed E-state index contributed by atoms with van der Waals surface area (Å²) in [5, 5.41) is 6.88. The molecular formula is C24H26N6O4. The van der Waals surface area contributed by atoms with Crippen LogP contribution in [0.1, 0.15) is 35.3 Å². The van der Waals surface area contributed by atoms with Gasteiger partial charge in [-0.25, -0.2) is 4.99 Å². The number of ether oxygens (including phenoxy) is 1. The Morgan fingerprint density at radius 2 is 1.91 bits per heavy atom. The third-order valence-electron chi connectivity index (χ3n) is 4.86. The number of hydrogen-bond acceptors (Lipinski definition) is 6. The topological polar surface area (TPSA) is 162 Å². The van der Waals surface area contributed by atoms with Gasteiger partial charge in [0.15, 0.2) is 5.96 Å². The van der Waals surface area contributed by atoms with Gasteiger partial charge in [-0.05, 0) is 36.1 Å². The highest BCUT2D eigenvalue weighted by Crippen LogP contribution is 2.28. The van der Waals surface area contributed by atoms with E-state index in [1.807, 2.05) is 24.3 Å². The van der Waals surface area contributed by atoms with Crippen molar-refractivity contribution >= 4 is 40.2 Å². The summed E-state index contributed by atoms with van der Waals surface area (Å²) in [6.45, 7) is 1.63. The molecule has 0 aliphatic heterocycles. The molecule has 0 saturated heterocycles. The molecule has 10 heteroatoms. The van der Waals surface area contributed by atoms with Crippen molar-refractivity contribution in [2.24, 2.45) is 16.5 Å². The van der Waals surface area contributed by atoms with Gasteiger partial charge >= 0.3 is 5.97 Å². The lowest BCUT2D eigenvalue weighted by Gasteiger charge is -2.18. The molecule has 0 fully saturated rings. The predicted octanol–water partition coefficient (Wildman–Crippen LogP) is 1.68. The molecule has 2 amide bonds. The minimum absolute atomic E-state index is 0.0637. The molecule has 2 aromatic carbocycles. The van der Waals surface area contributed by atoms with Crippen molar-refractivity contribution in [1.82, 2.24) is 15.6 Å². The van der Waals surface area contributed by atoms with Gasteiger partial charge in [-0.3, -0.25) is 19.4 Å². The summed E-state index contributed by atoms with van der Waals surface area (Å²) in [6.07, 6.45) is 3.09. The molecule has 0 bridgehead atoms. The van der Waals surface area contributed by atoms with E-state index in [4.69, 9.17) is 16.2 Å². The Morgan fingerprint density at radius 3 is 2.62 bits per heavy atom. The molecule has 1 unspecified atom stereocenters. The van der Waals surface area contributed by atoms with Crippen molar-refractivity contribution in [2.75, 3.05) is 13.2 Å². The van der Waals surface area contributed by atoms with Gasteiger partial charge in [-0.15, -0.1) is 0 Å². The first-order valence-electron chi connectivity index (χ1n) is 10.6. The van der Waals surface area contributed by atoms with Crippen LogP contribution in [0.2, 0.25) is 0 Å². The van der Waals surface area contributed by atoms with Crippen LogP contribution < -0.4 is 22.1 Å². The van der Waals surface area contributed by atoms with Crippen LogP contribution in [-0.4, -0.2) is 41.9 Å². The fourth-order valence-corrected chi connectivity index (χ4v) is 3.38. The van der Waals surface area contributed by atoms with Gasteiger partial charge in [0.05, 0.1) is 31.3 Å². The number of nitrogens with zero attached hydrogens (tertiary/aromatic N) is 2. The van der Waals surface area contributed by atoms with Crippen molar-refractivity contribution < 1.29 is 19.1 Å². The number of amides is 2. The van der Waals surface area contributed by atoms with E-state index >= 15 is 0 Å². The van der Waals surface area contributed by atoms with E-state index in [-0.39, 0.29) is 25.5 Å². The number of guanidine groups is 1. The van der Waals surface area contributed by atoms with Gasteiger partial charge in [-0.1, -0.05) is 30.3 Å². The maximum absolute atomic E-state index is 12.8. The number of aliphatic imine (C=N–C) groups is 1. The fourth-order valence-electron chi connectivity index (χ4n) is 3.38. The Morgan fingerprint density at radius 1 is 1.12 bits per heavy atom. The molecule has 0 aliphatic carbocycles. The first-order valence-corrected chi connectivity index (χ1v) is 10.6. The average molecular weight is 463 g/mol. The number of nitrogens with one attached hydrogen (secondary N) is 2. The van der Waals surface area contributed by atoms with E-state index in [1.54, 1.807) is 43.6 Å². The summed E-state index contributed by atoms with van der Waals surface area (Å²) in [7, 11) is 0. The Kier molecular flexibility index (Phi) is 8.11. The lowest BCUT2D eigenvalue weighted by Crippen LogP contribution is -2.39. The molecule has 0 aliphatic rings. The third kappa shape index (κ3) is 6.52. The van der Waals surface area contributed by atoms with E-state index in [1.165, 1.54) is 0 Å². The van der Waals surface area contributed by atoms with Crippen LogP contribution in [0.15, 0.2) is 65.9 Å². The summed E-state index contributed by atoms with van der Waals surface area (Å²) in [5.74, 6) is -1.54. The maximum Gasteiger partial charge on any atom is 0.308 e. The maximum atomic E-state index is 12.8. The lowest BCUT2D eigenvalue weighted by molar-refractivity contribution is -0.143. The number of rotatable bonds is 9. The van der Waals surface area contributed by atoms with Crippen LogP contribution >= 0.6 is 0 Å². The predicted molar refractivity (Wildman–Crippen MR) is 128 cm³/mol. The third-order valence-corrected chi connectivity index (χ3v) is 4.86. The second-order valence-electron chi connectivity index (χ2n) is 7.35. The van der Waals surface area contributed by atoms with Gasteiger partial charge in [0.2, 0.25) is 5.91 Å². The second-order valence-corrected chi connectivity index (χ2v) is 7.35. The summed E-state index contributed by atoms with van der Waals surface area (Å²) >= 11 is 0. The first kappa shape index (κ1) is 24.2. The molecular weight excluding hydrogens is 436 g/mol. The summed E-state index contributed by atoms with van der Waals surface area (Å²) < 4.78 is 5.00. The molecule has 10 nitrogen and oxygen atoms in total. The highest BCUT2D eigenvalue weighted by molar-refractivity contribution is 6.04. The van der Waals surface area contributed by atoms with E-state index < -0.39 is 23.8 Å². The number of aromatic nitrogens is 1. The number of carbonyl (C=O) groups is 3. The van der Waals surface area contributed by atoms with Gasteiger partial charge in [-0.2, -0.15) is 0 Å². The lowest BCUT2D eigenvalue weighted by atomic mass is 10.0. The van der Waals surface area contributed by atoms with E-state index in [0.29, 0.717) is 16.8 Å². The zero-order chi connectivity index (χ0) is 24.5. The van der Waals surface area contributed by atoms with Crippen molar-refractivity contribution in [3.63, 3.8) is 0 Å². The van der Waals surface area contributed by atoms with Crippen LogP contribution in [0.4, 0.5) is 5.69 Å². The smallest absolute Gasteiger partial charge is 0.308 e. The quantitative estimate of drug-likeness (QED) is 0.214. The van der Waals surface area contributed by atoms with Crippen LogP contribution in [0.5, 0.6) is 0 Å². The number of hydrogen-bond donors (Lipinski definition) is 4. The van der Waals surface area contributed by atoms with Crippen LogP contribution in [0, 0.1) is 0 Å². The Hall–Kier alpha value is -4.47. The summed E-state index contributed by atoms with van der Waals surface area (Å²) in [6, 6.07) is 13.4. The molecule has 0 spiro atoms. The first-order chi connectivity index (χ1) is 16.4. The van der Waals surface area contributed by atoms with Crippen LogP contribution in [-0.2, 0) is 14.3 Å². The zero-order valence-electron chi connectivity index (χ0n) is 18.7. The minimum atomic E-state index is -0.647. The Bertz CT molecular complexity index is 1210. The molecule has 1 atom stereocenters. The molecule has 34 heavy (non-hydrogen) atoms. The fraction of sp³-hybridized carbons (Fsp3) is 0.208. The largest absolute Gasteiger partial charge is 0.466 e. The molecule has 176 valence electrons. The molecule has 0 saturated carbocycles. The molecule has 1 aromatic heterocycles. The van der Waals surface area contributed by atoms with Crippen molar-refractivity contribution in [2.45, 2.75) is 19.4 Å². The number of pyridine rings is 1. The van der Waals surface area contributed by atoms with Gasteiger partial charge in [0.1, 0.15) is 0 Å². The van der Waals surface area contributed by atoms with Crippen LogP contribution in [0.3, 0.4) is 0 Å². The molecule has 3 aromatic rings. The second kappa shape index (κ2) is 11.4. The molecule has 3 rings (SSSR count).